The van der Waals surface area contributed by atoms with Crippen molar-refractivity contribution in [3.63, 3.8) is 0 Å². The fraction of sp³-hybridized carbons (Fsp3) is 0.419. The number of benzene rings is 2. The minimum absolute atomic E-state index is 0.107. The largest absolute Gasteiger partial charge is 0.473 e. The third-order valence-corrected chi connectivity index (χ3v) is 8.06. The van der Waals surface area contributed by atoms with Crippen LogP contribution < -0.4 is 9.64 Å². The number of carbonyl (C=O) groups excluding carboxylic acids is 1. The predicted molar refractivity (Wildman–Crippen MR) is 152 cm³/mol. The van der Waals surface area contributed by atoms with E-state index < -0.39 is 0 Å². The maximum Gasteiger partial charge on any atom is 0.213 e. The number of ether oxygens (including phenoxy) is 2. The van der Waals surface area contributed by atoms with E-state index in [0.717, 1.165) is 76.3 Å². The van der Waals surface area contributed by atoms with Crippen molar-refractivity contribution >= 4 is 23.6 Å². The molecule has 0 radical (unpaired) electrons. The molecule has 206 valence electrons. The van der Waals surface area contributed by atoms with Crippen molar-refractivity contribution in [3.05, 3.63) is 87.8 Å². The van der Waals surface area contributed by atoms with Gasteiger partial charge in [0, 0.05) is 59.2 Å². The standard InChI is InChI=1S/C31H35ClFN3O3/c1-22-5-6-23(19-37)17-30(22)36(27-11-16-38-21-27)15-14-35-12-9-24(10-13-35)29-3-2-4-31(34-29)39-20-25-7-8-26(32)18-28(25)33/h2-8,17-19,24,27H,9-16,20-21H2,1H3/t27-/m0/s1. The molecule has 2 aliphatic heterocycles. The Bertz CT molecular complexity index is 1280. The zero-order chi connectivity index (χ0) is 27.2. The highest BCUT2D eigenvalue weighted by Crippen LogP contribution is 2.30. The lowest BCUT2D eigenvalue weighted by Crippen LogP contribution is -2.44. The Balaban J connectivity index is 1.16. The first-order valence-corrected chi connectivity index (χ1v) is 14.0. The van der Waals surface area contributed by atoms with Crippen molar-refractivity contribution in [1.82, 2.24) is 9.88 Å². The van der Waals surface area contributed by atoms with Gasteiger partial charge in [0.2, 0.25) is 5.88 Å². The molecule has 2 aliphatic rings. The van der Waals surface area contributed by atoms with Crippen LogP contribution in [0.15, 0.2) is 54.6 Å². The molecule has 2 saturated heterocycles. The highest BCUT2D eigenvalue weighted by atomic mass is 35.5. The summed E-state index contributed by atoms with van der Waals surface area (Å²) in [6.07, 6.45) is 3.96. The number of aryl methyl sites for hydroxylation is 1. The fourth-order valence-electron chi connectivity index (χ4n) is 5.51. The molecule has 1 aromatic heterocycles. The summed E-state index contributed by atoms with van der Waals surface area (Å²) in [5.74, 6) is 0.492. The number of rotatable bonds is 10. The second-order valence-corrected chi connectivity index (χ2v) is 10.9. The monoisotopic (exact) mass is 551 g/mol. The van der Waals surface area contributed by atoms with Crippen molar-refractivity contribution < 1.29 is 18.7 Å². The van der Waals surface area contributed by atoms with Gasteiger partial charge in [0.05, 0.1) is 12.6 Å². The number of nitrogens with zero attached hydrogens (tertiary/aromatic N) is 3. The number of piperidine rings is 1. The van der Waals surface area contributed by atoms with Gasteiger partial charge in [-0.3, -0.25) is 4.79 Å². The number of pyridine rings is 1. The van der Waals surface area contributed by atoms with E-state index in [2.05, 4.69) is 22.8 Å². The van der Waals surface area contributed by atoms with Gasteiger partial charge >= 0.3 is 0 Å². The summed E-state index contributed by atoms with van der Waals surface area (Å²) in [6.45, 7) is 7.56. The molecule has 2 aromatic carbocycles. The quantitative estimate of drug-likeness (QED) is 0.286. The van der Waals surface area contributed by atoms with Crippen LogP contribution >= 0.6 is 11.6 Å². The molecule has 0 bridgehead atoms. The summed E-state index contributed by atoms with van der Waals surface area (Å²) < 4.78 is 25.6. The van der Waals surface area contributed by atoms with Crippen molar-refractivity contribution in [2.75, 3.05) is 44.3 Å². The highest BCUT2D eigenvalue weighted by Gasteiger charge is 2.27. The maximum atomic E-state index is 14.1. The molecule has 39 heavy (non-hydrogen) atoms. The van der Waals surface area contributed by atoms with Crippen LogP contribution in [0.5, 0.6) is 5.88 Å². The molecular formula is C31H35ClFN3O3. The van der Waals surface area contributed by atoms with Crippen LogP contribution in [0.25, 0.3) is 0 Å². The summed E-state index contributed by atoms with van der Waals surface area (Å²) in [5.41, 5.74) is 4.49. The van der Waals surface area contributed by atoms with E-state index in [9.17, 15) is 9.18 Å². The fourth-order valence-corrected chi connectivity index (χ4v) is 5.67. The molecule has 5 rings (SSSR count). The van der Waals surface area contributed by atoms with Crippen LogP contribution in [0.3, 0.4) is 0 Å². The SMILES string of the molecule is Cc1ccc(C=O)cc1N(CCN1CCC(c2cccc(OCc3ccc(Cl)cc3F)n2)CC1)[C@H]1CCOC1. The third kappa shape index (κ3) is 6.96. The second-order valence-electron chi connectivity index (χ2n) is 10.4. The van der Waals surface area contributed by atoms with Gasteiger partial charge in [-0.1, -0.05) is 35.9 Å². The molecule has 0 spiro atoms. The van der Waals surface area contributed by atoms with Gasteiger partial charge in [-0.25, -0.2) is 9.37 Å². The van der Waals surface area contributed by atoms with Crippen LogP contribution in [-0.4, -0.2) is 61.6 Å². The summed E-state index contributed by atoms with van der Waals surface area (Å²) in [5, 5.41) is 0.366. The Labute approximate surface area is 234 Å². The summed E-state index contributed by atoms with van der Waals surface area (Å²) in [4.78, 5) is 21.1. The molecule has 3 heterocycles. The lowest BCUT2D eigenvalue weighted by atomic mass is 9.93. The maximum absolute atomic E-state index is 14.1. The molecule has 1 atom stereocenters. The van der Waals surface area contributed by atoms with E-state index in [1.807, 2.05) is 30.3 Å². The van der Waals surface area contributed by atoms with E-state index in [1.54, 1.807) is 12.1 Å². The van der Waals surface area contributed by atoms with Crippen LogP contribution in [0.1, 0.15) is 52.4 Å². The summed E-state index contributed by atoms with van der Waals surface area (Å²) in [6, 6.07) is 16.7. The lowest BCUT2D eigenvalue weighted by molar-refractivity contribution is 0.112. The molecule has 0 aliphatic carbocycles. The average molecular weight is 552 g/mol. The Morgan fingerprint density at radius 3 is 2.74 bits per heavy atom. The number of carbonyl (C=O) groups is 1. The number of aldehydes is 1. The molecule has 6 nitrogen and oxygen atoms in total. The van der Waals surface area contributed by atoms with E-state index in [1.165, 1.54) is 11.6 Å². The van der Waals surface area contributed by atoms with Crippen LogP contribution in [-0.2, 0) is 11.3 Å². The second kappa shape index (κ2) is 12.9. The minimum Gasteiger partial charge on any atom is -0.473 e. The molecule has 8 heteroatoms. The first-order valence-electron chi connectivity index (χ1n) is 13.7. The van der Waals surface area contributed by atoms with Crippen molar-refractivity contribution in [3.8, 4) is 5.88 Å². The number of hydrogen-bond acceptors (Lipinski definition) is 6. The van der Waals surface area contributed by atoms with Crippen molar-refractivity contribution in [2.45, 2.75) is 44.8 Å². The van der Waals surface area contributed by atoms with E-state index in [0.29, 0.717) is 34.0 Å². The van der Waals surface area contributed by atoms with E-state index in [-0.39, 0.29) is 12.4 Å². The van der Waals surface area contributed by atoms with Crippen LogP contribution in [0.4, 0.5) is 10.1 Å². The molecule has 3 aromatic rings. The highest BCUT2D eigenvalue weighted by molar-refractivity contribution is 6.30. The van der Waals surface area contributed by atoms with Crippen molar-refractivity contribution in [1.29, 1.82) is 0 Å². The number of likely N-dealkylation sites (tertiary alicyclic amines) is 1. The first kappa shape index (κ1) is 27.6. The minimum atomic E-state index is -0.378. The number of halogens is 2. The number of aromatic nitrogens is 1. The summed E-state index contributed by atoms with van der Waals surface area (Å²) >= 11 is 5.85. The van der Waals surface area contributed by atoms with Gasteiger partial charge in [0.25, 0.3) is 0 Å². The van der Waals surface area contributed by atoms with Gasteiger partial charge in [0.15, 0.2) is 0 Å². The number of hydrogen-bond donors (Lipinski definition) is 0. The lowest BCUT2D eigenvalue weighted by Gasteiger charge is -2.36. The van der Waals surface area contributed by atoms with Gasteiger partial charge < -0.3 is 19.3 Å². The zero-order valence-corrected chi connectivity index (χ0v) is 23.1. The Kier molecular flexibility index (Phi) is 9.12. The molecule has 0 unspecified atom stereocenters. The normalized spacial score (nSPS) is 18.3. The Morgan fingerprint density at radius 2 is 2.00 bits per heavy atom. The van der Waals surface area contributed by atoms with Gasteiger partial charge in [-0.15, -0.1) is 0 Å². The number of anilines is 1. The van der Waals surface area contributed by atoms with Crippen LogP contribution in [0.2, 0.25) is 5.02 Å². The molecule has 0 saturated carbocycles. The Morgan fingerprint density at radius 1 is 1.15 bits per heavy atom. The van der Waals surface area contributed by atoms with E-state index in [4.69, 9.17) is 26.1 Å². The Hall–Kier alpha value is -3.00. The van der Waals surface area contributed by atoms with Crippen molar-refractivity contribution in [2.24, 2.45) is 0 Å². The summed E-state index contributed by atoms with van der Waals surface area (Å²) in [7, 11) is 0. The smallest absolute Gasteiger partial charge is 0.213 e. The van der Waals surface area contributed by atoms with Gasteiger partial charge in [-0.05, 0) is 69.1 Å². The van der Waals surface area contributed by atoms with Gasteiger partial charge in [-0.2, -0.15) is 0 Å². The van der Waals surface area contributed by atoms with E-state index >= 15 is 0 Å². The predicted octanol–water partition coefficient (Wildman–Crippen LogP) is 6.05. The average Bonchev–Trinajstić information content (AvgIpc) is 3.49. The molecule has 0 amide bonds. The van der Waals surface area contributed by atoms with Gasteiger partial charge in [0.1, 0.15) is 18.7 Å². The third-order valence-electron chi connectivity index (χ3n) is 7.82. The topological polar surface area (TPSA) is 54.9 Å². The van der Waals surface area contributed by atoms with Crippen LogP contribution in [0, 0.1) is 12.7 Å². The first-order chi connectivity index (χ1) is 19.0. The zero-order valence-electron chi connectivity index (χ0n) is 22.3. The molecule has 2 fully saturated rings. The molecular weight excluding hydrogens is 517 g/mol. The molecule has 0 N–H and O–H groups in total.